The van der Waals surface area contributed by atoms with Crippen molar-refractivity contribution in [3.05, 3.63) is 11.7 Å². The number of thiazole rings is 1. The molecule has 0 atom stereocenters. The molecule has 0 aliphatic heterocycles. The molecule has 1 saturated carbocycles. The molecule has 0 spiro atoms. The topological polar surface area (TPSA) is 38.7 Å². The van der Waals surface area contributed by atoms with Gasteiger partial charge in [-0.1, -0.05) is 12.8 Å². The van der Waals surface area contributed by atoms with Crippen molar-refractivity contribution < 1.29 is 0 Å². The van der Waals surface area contributed by atoms with Crippen molar-refractivity contribution in [2.45, 2.75) is 35.8 Å². The quantitative estimate of drug-likeness (QED) is 0.804. The van der Waals surface area contributed by atoms with E-state index < -0.39 is 0 Å². The van der Waals surface area contributed by atoms with E-state index >= 15 is 0 Å². The van der Waals surface area contributed by atoms with Gasteiger partial charge in [0.1, 0.15) is 5.52 Å². The summed E-state index contributed by atoms with van der Waals surface area (Å²) in [5.74, 6) is 0. The lowest BCUT2D eigenvalue weighted by Crippen LogP contribution is -1.94. The molecule has 1 aliphatic rings. The van der Waals surface area contributed by atoms with E-state index in [9.17, 15) is 0 Å². The van der Waals surface area contributed by atoms with Crippen LogP contribution in [0.2, 0.25) is 0 Å². The minimum absolute atomic E-state index is 0.763. The second-order valence-electron chi connectivity index (χ2n) is 3.74. The van der Waals surface area contributed by atoms with Crippen LogP contribution in [0.25, 0.3) is 10.3 Å². The van der Waals surface area contributed by atoms with Crippen molar-refractivity contribution >= 4 is 33.4 Å². The fourth-order valence-corrected chi connectivity index (χ4v) is 3.94. The van der Waals surface area contributed by atoms with E-state index in [0.29, 0.717) is 0 Å². The van der Waals surface area contributed by atoms with Gasteiger partial charge in [-0.15, -0.1) is 28.2 Å². The van der Waals surface area contributed by atoms with Crippen LogP contribution >= 0.6 is 23.1 Å². The molecule has 1 aliphatic carbocycles. The standard InChI is InChI=1S/C10H11N3S2/c1-2-4-7(3-1)15-8-5-12-13-10-9(8)11-6-14-10/h5-7H,1-4H2. The SMILES string of the molecule is c1nc2c(SC3CCCC3)cnnc2s1. The molecule has 0 unspecified atom stereocenters. The van der Waals surface area contributed by atoms with Gasteiger partial charge in [-0.05, 0) is 12.8 Å². The van der Waals surface area contributed by atoms with Crippen LogP contribution in [0.1, 0.15) is 25.7 Å². The third-order valence-electron chi connectivity index (χ3n) is 2.70. The highest BCUT2D eigenvalue weighted by Gasteiger charge is 2.18. The summed E-state index contributed by atoms with van der Waals surface area (Å²) in [4.78, 5) is 6.51. The lowest BCUT2D eigenvalue weighted by atomic mass is 10.4. The van der Waals surface area contributed by atoms with Gasteiger partial charge in [0.05, 0.1) is 16.6 Å². The molecule has 0 radical (unpaired) electrons. The molecule has 0 N–H and O–H groups in total. The molecule has 0 amide bonds. The highest BCUT2D eigenvalue weighted by Crippen LogP contribution is 2.37. The Kier molecular flexibility index (Phi) is 2.58. The maximum atomic E-state index is 4.36. The van der Waals surface area contributed by atoms with Crippen molar-refractivity contribution in [3.63, 3.8) is 0 Å². The summed E-state index contributed by atoms with van der Waals surface area (Å²) < 4.78 is 0. The molecule has 78 valence electrons. The van der Waals surface area contributed by atoms with Crippen LogP contribution in [0.5, 0.6) is 0 Å². The van der Waals surface area contributed by atoms with Gasteiger partial charge in [-0.2, -0.15) is 5.10 Å². The van der Waals surface area contributed by atoms with Crippen LogP contribution in [-0.2, 0) is 0 Å². The Morgan fingerprint density at radius 1 is 1.33 bits per heavy atom. The highest BCUT2D eigenvalue weighted by atomic mass is 32.2. The summed E-state index contributed by atoms with van der Waals surface area (Å²) in [6, 6.07) is 0. The van der Waals surface area contributed by atoms with Crippen LogP contribution in [0.15, 0.2) is 16.6 Å². The minimum Gasteiger partial charge on any atom is -0.242 e. The van der Waals surface area contributed by atoms with Gasteiger partial charge < -0.3 is 0 Å². The molecule has 3 rings (SSSR count). The van der Waals surface area contributed by atoms with Crippen molar-refractivity contribution in [1.82, 2.24) is 15.2 Å². The first kappa shape index (κ1) is 9.54. The molecule has 2 aromatic heterocycles. The summed E-state index contributed by atoms with van der Waals surface area (Å²) >= 11 is 3.49. The summed E-state index contributed by atoms with van der Waals surface area (Å²) in [7, 11) is 0. The summed E-state index contributed by atoms with van der Waals surface area (Å²) in [6.45, 7) is 0. The Morgan fingerprint density at radius 2 is 2.20 bits per heavy atom. The van der Waals surface area contributed by atoms with Crippen molar-refractivity contribution in [1.29, 1.82) is 0 Å². The van der Waals surface area contributed by atoms with Gasteiger partial charge in [-0.25, -0.2) is 4.98 Å². The van der Waals surface area contributed by atoms with Crippen molar-refractivity contribution in [2.75, 3.05) is 0 Å². The van der Waals surface area contributed by atoms with Crippen LogP contribution in [-0.4, -0.2) is 20.4 Å². The first-order valence-corrected chi connectivity index (χ1v) is 6.91. The van der Waals surface area contributed by atoms with Crippen molar-refractivity contribution in [3.8, 4) is 0 Å². The molecular formula is C10H11N3S2. The zero-order chi connectivity index (χ0) is 10.1. The van der Waals surface area contributed by atoms with Crippen molar-refractivity contribution in [2.24, 2.45) is 0 Å². The molecule has 0 bridgehead atoms. The van der Waals surface area contributed by atoms with E-state index in [2.05, 4.69) is 15.2 Å². The summed E-state index contributed by atoms with van der Waals surface area (Å²) in [5, 5.41) is 8.86. The average molecular weight is 237 g/mol. The third kappa shape index (κ3) is 1.86. The van der Waals surface area contributed by atoms with Crippen LogP contribution in [0.4, 0.5) is 0 Å². The second-order valence-corrected chi connectivity index (χ2v) is 5.91. The number of nitrogens with zero attached hydrogens (tertiary/aromatic N) is 3. The van der Waals surface area contributed by atoms with E-state index in [1.807, 2.05) is 23.5 Å². The zero-order valence-electron chi connectivity index (χ0n) is 8.22. The van der Waals surface area contributed by atoms with Gasteiger partial charge in [0.15, 0.2) is 4.83 Å². The number of hydrogen-bond acceptors (Lipinski definition) is 5. The Hall–Kier alpha value is -0.680. The Labute approximate surface area is 96.3 Å². The van der Waals surface area contributed by atoms with E-state index in [0.717, 1.165) is 15.6 Å². The van der Waals surface area contributed by atoms with Gasteiger partial charge in [0.25, 0.3) is 0 Å². The second kappa shape index (κ2) is 4.06. The van der Waals surface area contributed by atoms with Crippen LogP contribution in [0.3, 0.4) is 0 Å². The van der Waals surface area contributed by atoms with E-state index in [1.54, 1.807) is 11.3 Å². The zero-order valence-corrected chi connectivity index (χ0v) is 9.85. The molecule has 15 heavy (non-hydrogen) atoms. The fourth-order valence-electron chi connectivity index (χ4n) is 1.95. The Bertz CT molecular complexity index is 462. The predicted molar refractivity (Wildman–Crippen MR) is 63.3 cm³/mol. The largest absolute Gasteiger partial charge is 0.242 e. The molecule has 0 saturated heterocycles. The molecule has 2 heterocycles. The molecule has 1 fully saturated rings. The Balaban J connectivity index is 1.92. The number of rotatable bonds is 2. The monoisotopic (exact) mass is 237 g/mol. The number of aromatic nitrogens is 3. The maximum absolute atomic E-state index is 4.36. The molecule has 2 aromatic rings. The lowest BCUT2D eigenvalue weighted by Gasteiger charge is -2.07. The molecular weight excluding hydrogens is 226 g/mol. The summed E-state index contributed by atoms with van der Waals surface area (Å²) in [5.41, 5.74) is 2.88. The molecule has 3 nitrogen and oxygen atoms in total. The molecule has 0 aromatic carbocycles. The third-order valence-corrected chi connectivity index (χ3v) is 4.77. The fraction of sp³-hybridized carbons (Fsp3) is 0.500. The van der Waals surface area contributed by atoms with E-state index in [-0.39, 0.29) is 0 Å². The number of fused-ring (bicyclic) bond motifs is 1. The summed E-state index contributed by atoms with van der Waals surface area (Å²) in [6.07, 6.45) is 7.26. The number of thioether (sulfide) groups is 1. The average Bonchev–Trinajstić information content (AvgIpc) is 2.87. The van der Waals surface area contributed by atoms with Gasteiger partial charge in [0.2, 0.25) is 0 Å². The van der Waals surface area contributed by atoms with Crippen LogP contribution < -0.4 is 0 Å². The number of hydrogen-bond donors (Lipinski definition) is 0. The maximum Gasteiger partial charge on any atom is 0.167 e. The minimum atomic E-state index is 0.763. The molecule has 5 heteroatoms. The highest BCUT2D eigenvalue weighted by molar-refractivity contribution is 8.00. The normalized spacial score (nSPS) is 17.6. The first-order valence-electron chi connectivity index (χ1n) is 5.15. The smallest absolute Gasteiger partial charge is 0.167 e. The van der Waals surface area contributed by atoms with Gasteiger partial charge in [0, 0.05) is 5.25 Å². The lowest BCUT2D eigenvalue weighted by molar-refractivity contribution is 0.886. The van der Waals surface area contributed by atoms with E-state index in [1.165, 1.54) is 30.6 Å². The van der Waals surface area contributed by atoms with E-state index in [4.69, 9.17) is 0 Å². The van der Waals surface area contributed by atoms with Crippen LogP contribution in [0, 0.1) is 0 Å². The predicted octanol–water partition coefficient (Wildman–Crippen LogP) is 3.12. The van der Waals surface area contributed by atoms with Gasteiger partial charge >= 0.3 is 0 Å². The van der Waals surface area contributed by atoms with Gasteiger partial charge in [-0.3, -0.25) is 0 Å². The first-order chi connectivity index (χ1) is 7.43. The Morgan fingerprint density at radius 3 is 3.07 bits per heavy atom.